The first kappa shape index (κ1) is 26.3. The molecule has 0 aliphatic carbocycles. The van der Waals surface area contributed by atoms with Gasteiger partial charge in [0.1, 0.15) is 0 Å². The fourth-order valence-corrected chi connectivity index (χ4v) is 5.17. The monoisotopic (exact) mass is 474 g/mol. The summed E-state index contributed by atoms with van der Waals surface area (Å²) in [5, 5.41) is 10.3. The number of nitrogens with zero attached hydrogens (tertiary/aromatic N) is 2. The lowest BCUT2D eigenvalue weighted by Crippen LogP contribution is -2.44. The van der Waals surface area contributed by atoms with Gasteiger partial charge in [-0.2, -0.15) is 0 Å². The van der Waals surface area contributed by atoms with Crippen molar-refractivity contribution in [1.82, 2.24) is 9.80 Å². The molecular formula is C27H42N2O5. The number of hydrogen-bond acceptors (Lipinski definition) is 5. The minimum absolute atomic E-state index is 0.118. The highest BCUT2D eigenvalue weighted by molar-refractivity contribution is 5.79. The number of carbonyl (C=O) groups excluding carboxylic acids is 1. The molecule has 34 heavy (non-hydrogen) atoms. The summed E-state index contributed by atoms with van der Waals surface area (Å²) in [7, 11) is 0. The zero-order valence-corrected chi connectivity index (χ0v) is 21.3. The molecule has 1 aromatic carbocycles. The number of unbranched alkanes of at least 4 members (excludes halogenated alkanes) is 2. The number of benzene rings is 1. The van der Waals surface area contributed by atoms with Crippen LogP contribution in [-0.2, 0) is 9.59 Å². The lowest BCUT2D eigenvalue weighted by atomic mass is 9.83. The minimum Gasteiger partial charge on any atom is -0.481 e. The van der Waals surface area contributed by atoms with Crippen LogP contribution in [0, 0.1) is 11.8 Å². The van der Waals surface area contributed by atoms with Crippen LogP contribution in [0.1, 0.15) is 77.7 Å². The Balaban J connectivity index is 1.84. The number of hydrogen-bond donors (Lipinski definition) is 1. The standard InChI is InChI=1S/C27H42N2O5/c1-5-7-13-28(14-8-6-2)25(30)17-29-16-21(20-10-12-23-24(15-20)34-18-33-23)26(27(31)32)22(29)11-9-19(3)4/h10,12,15,19,21-22,26H,5-9,11,13-14,16-18H2,1-4H3,(H,31,32)/t21-,22-,26+/m1/s1. The fourth-order valence-electron chi connectivity index (χ4n) is 5.17. The summed E-state index contributed by atoms with van der Waals surface area (Å²) in [6, 6.07) is 5.57. The molecule has 0 aromatic heterocycles. The number of likely N-dealkylation sites (tertiary alicyclic amines) is 1. The highest BCUT2D eigenvalue weighted by atomic mass is 16.7. The first-order valence-electron chi connectivity index (χ1n) is 13.0. The second-order valence-electron chi connectivity index (χ2n) is 10.1. The van der Waals surface area contributed by atoms with Crippen molar-refractivity contribution in [1.29, 1.82) is 0 Å². The molecule has 1 N–H and O–H groups in total. The van der Waals surface area contributed by atoms with E-state index in [4.69, 9.17) is 9.47 Å². The van der Waals surface area contributed by atoms with Crippen LogP contribution in [-0.4, -0.2) is 65.8 Å². The number of fused-ring (bicyclic) bond motifs is 1. The summed E-state index contributed by atoms with van der Waals surface area (Å²) in [6.07, 6.45) is 5.77. The molecule has 0 spiro atoms. The number of ether oxygens (including phenoxy) is 2. The van der Waals surface area contributed by atoms with Gasteiger partial charge in [-0.15, -0.1) is 0 Å². The Labute approximate surface area is 204 Å². The van der Waals surface area contributed by atoms with Gasteiger partial charge in [0.15, 0.2) is 11.5 Å². The van der Waals surface area contributed by atoms with Gasteiger partial charge in [-0.25, -0.2) is 0 Å². The molecule has 7 nitrogen and oxygen atoms in total. The largest absolute Gasteiger partial charge is 0.481 e. The molecule has 3 atom stereocenters. The first-order chi connectivity index (χ1) is 16.3. The minimum atomic E-state index is -0.791. The highest BCUT2D eigenvalue weighted by Crippen LogP contribution is 2.43. The highest BCUT2D eigenvalue weighted by Gasteiger charge is 2.47. The molecule has 2 heterocycles. The second kappa shape index (κ2) is 12.4. The lowest BCUT2D eigenvalue weighted by Gasteiger charge is -2.30. The van der Waals surface area contributed by atoms with Crippen LogP contribution in [0.2, 0.25) is 0 Å². The van der Waals surface area contributed by atoms with Crippen molar-refractivity contribution < 1.29 is 24.2 Å². The number of amides is 1. The summed E-state index contributed by atoms with van der Waals surface area (Å²) in [6.45, 7) is 11.2. The van der Waals surface area contributed by atoms with Crippen molar-refractivity contribution in [3.63, 3.8) is 0 Å². The quantitative estimate of drug-likeness (QED) is 0.445. The normalized spacial score (nSPS) is 21.9. The average molecular weight is 475 g/mol. The molecule has 1 saturated heterocycles. The number of aliphatic carboxylic acids is 1. The predicted octanol–water partition coefficient (Wildman–Crippen LogP) is 4.75. The van der Waals surface area contributed by atoms with Crippen LogP contribution in [0.4, 0.5) is 0 Å². The lowest BCUT2D eigenvalue weighted by molar-refractivity contribution is -0.144. The Hall–Kier alpha value is -2.28. The van der Waals surface area contributed by atoms with Crippen LogP contribution in [0.3, 0.4) is 0 Å². The van der Waals surface area contributed by atoms with Gasteiger partial charge in [0.05, 0.1) is 12.5 Å². The van der Waals surface area contributed by atoms with Gasteiger partial charge in [0.2, 0.25) is 12.7 Å². The van der Waals surface area contributed by atoms with E-state index in [1.807, 2.05) is 23.1 Å². The average Bonchev–Trinajstić information content (AvgIpc) is 3.41. The van der Waals surface area contributed by atoms with Gasteiger partial charge in [0.25, 0.3) is 0 Å². The van der Waals surface area contributed by atoms with Crippen LogP contribution >= 0.6 is 0 Å². The van der Waals surface area contributed by atoms with E-state index in [9.17, 15) is 14.7 Å². The number of carbonyl (C=O) groups is 2. The first-order valence-corrected chi connectivity index (χ1v) is 13.0. The molecule has 2 aliphatic heterocycles. The molecule has 0 unspecified atom stereocenters. The number of carboxylic acid groups (broad SMARTS) is 1. The van der Waals surface area contributed by atoms with Crippen molar-refractivity contribution in [2.45, 2.75) is 78.2 Å². The van der Waals surface area contributed by atoms with Crippen molar-refractivity contribution >= 4 is 11.9 Å². The van der Waals surface area contributed by atoms with Gasteiger partial charge in [0, 0.05) is 31.6 Å². The van der Waals surface area contributed by atoms with Crippen LogP contribution in [0.25, 0.3) is 0 Å². The SMILES string of the molecule is CCCCN(CCCC)C(=O)CN1C[C@H](c2ccc3c(c2)OCO3)[C@H](C(=O)O)[C@H]1CCC(C)C. The van der Waals surface area contributed by atoms with Gasteiger partial charge in [-0.05, 0) is 49.3 Å². The Morgan fingerprint density at radius 3 is 2.41 bits per heavy atom. The van der Waals surface area contributed by atoms with E-state index in [-0.39, 0.29) is 31.2 Å². The molecule has 0 bridgehead atoms. The third-order valence-corrected chi connectivity index (χ3v) is 7.15. The number of carboxylic acids is 1. The fraction of sp³-hybridized carbons (Fsp3) is 0.704. The molecule has 1 fully saturated rings. The topological polar surface area (TPSA) is 79.3 Å². The van der Waals surface area contributed by atoms with Gasteiger partial charge < -0.3 is 19.5 Å². The Kier molecular flexibility index (Phi) is 9.63. The molecule has 1 aromatic rings. The molecule has 190 valence electrons. The van der Waals surface area contributed by atoms with E-state index in [1.54, 1.807) is 0 Å². The molecular weight excluding hydrogens is 432 g/mol. The van der Waals surface area contributed by atoms with Crippen LogP contribution < -0.4 is 9.47 Å². The molecule has 0 radical (unpaired) electrons. The molecule has 7 heteroatoms. The van der Waals surface area contributed by atoms with Crippen molar-refractivity contribution in [3.8, 4) is 11.5 Å². The van der Waals surface area contributed by atoms with Crippen molar-refractivity contribution in [2.24, 2.45) is 11.8 Å². The van der Waals surface area contributed by atoms with Crippen LogP contribution in [0.15, 0.2) is 18.2 Å². The zero-order chi connectivity index (χ0) is 24.7. The third kappa shape index (κ3) is 6.44. The van der Waals surface area contributed by atoms with Crippen LogP contribution in [0.5, 0.6) is 11.5 Å². The Morgan fingerprint density at radius 2 is 1.79 bits per heavy atom. The zero-order valence-electron chi connectivity index (χ0n) is 21.3. The smallest absolute Gasteiger partial charge is 0.308 e. The second-order valence-corrected chi connectivity index (χ2v) is 10.1. The summed E-state index contributed by atoms with van der Waals surface area (Å²) in [5.74, 6) is 0.400. The van der Waals surface area contributed by atoms with E-state index in [2.05, 4.69) is 32.6 Å². The maximum Gasteiger partial charge on any atom is 0.308 e. The third-order valence-electron chi connectivity index (χ3n) is 7.15. The van der Waals surface area contributed by atoms with E-state index in [1.165, 1.54) is 0 Å². The summed E-state index contributed by atoms with van der Waals surface area (Å²) in [5.41, 5.74) is 0.940. The van der Waals surface area contributed by atoms with Gasteiger partial charge >= 0.3 is 5.97 Å². The van der Waals surface area contributed by atoms with Gasteiger partial charge in [-0.1, -0.05) is 46.6 Å². The van der Waals surface area contributed by atoms with E-state index >= 15 is 0 Å². The van der Waals surface area contributed by atoms with E-state index < -0.39 is 11.9 Å². The summed E-state index contributed by atoms with van der Waals surface area (Å²) in [4.78, 5) is 30.0. The summed E-state index contributed by atoms with van der Waals surface area (Å²) < 4.78 is 11.0. The molecule has 2 aliphatic rings. The van der Waals surface area contributed by atoms with Crippen molar-refractivity contribution in [3.05, 3.63) is 23.8 Å². The van der Waals surface area contributed by atoms with Crippen molar-refractivity contribution in [2.75, 3.05) is 33.0 Å². The number of rotatable bonds is 13. The maximum absolute atomic E-state index is 13.4. The molecule has 0 saturated carbocycles. The van der Waals surface area contributed by atoms with E-state index in [0.29, 0.717) is 24.0 Å². The Morgan fingerprint density at radius 1 is 1.12 bits per heavy atom. The van der Waals surface area contributed by atoms with E-state index in [0.717, 1.165) is 57.2 Å². The summed E-state index contributed by atoms with van der Waals surface area (Å²) >= 11 is 0. The Bertz CT molecular complexity index is 819. The maximum atomic E-state index is 13.4. The van der Waals surface area contributed by atoms with Gasteiger partial charge in [-0.3, -0.25) is 14.5 Å². The molecule has 3 rings (SSSR count). The predicted molar refractivity (Wildman–Crippen MR) is 132 cm³/mol. The molecule has 1 amide bonds.